The molecule has 1 fully saturated rings. The molecule has 1 amide bonds. The SMILES string of the molecule is Cc1cc(N2CCN(CC(=O)N3CCCc4ccccc43)CC2)n[nH]1. The van der Waals surface area contributed by atoms with Gasteiger partial charge in [-0.1, -0.05) is 18.2 Å². The third-order valence-corrected chi connectivity index (χ3v) is 5.16. The fourth-order valence-electron chi connectivity index (χ4n) is 3.77. The quantitative estimate of drug-likeness (QED) is 0.927. The van der Waals surface area contributed by atoms with Crippen molar-refractivity contribution in [2.45, 2.75) is 19.8 Å². The Morgan fingerprint density at radius 1 is 1.16 bits per heavy atom. The molecular formula is C19H25N5O. The van der Waals surface area contributed by atoms with Gasteiger partial charge < -0.3 is 9.80 Å². The van der Waals surface area contributed by atoms with Gasteiger partial charge in [-0.05, 0) is 31.4 Å². The van der Waals surface area contributed by atoms with Crippen LogP contribution in [0.1, 0.15) is 17.7 Å². The van der Waals surface area contributed by atoms with Crippen LogP contribution in [0.15, 0.2) is 30.3 Å². The third kappa shape index (κ3) is 3.39. The van der Waals surface area contributed by atoms with Crippen molar-refractivity contribution in [3.05, 3.63) is 41.6 Å². The van der Waals surface area contributed by atoms with Gasteiger partial charge in [0.1, 0.15) is 0 Å². The molecule has 2 aliphatic heterocycles. The van der Waals surface area contributed by atoms with Crippen LogP contribution < -0.4 is 9.80 Å². The monoisotopic (exact) mass is 339 g/mol. The van der Waals surface area contributed by atoms with Crippen molar-refractivity contribution in [1.29, 1.82) is 0 Å². The summed E-state index contributed by atoms with van der Waals surface area (Å²) in [5, 5.41) is 7.33. The van der Waals surface area contributed by atoms with Gasteiger partial charge in [-0.15, -0.1) is 0 Å². The van der Waals surface area contributed by atoms with Crippen LogP contribution >= 0.6 is 0 Å². The molecule has 0 bridgehead atoms. The highest BCUT2D eigenvalue weighted by Gasteiger charge is 2.26. The van der Waals surface area contributed by atoms with Gasteiger partial charge in [-0.3, -0.25) is 14.8 Å². The molecule has 25 heavy (non-hydrogen) atoms. The lowest BCUT2D eigenvalue weighted by atomic mass is 10.0. The molecule has 1 N–H and O–H groups in total. The fourth-order valence-corrected chi connectivity index (χ4v) is 3.77. The zero-order valence-corrected chi connectivity index (χ0v) is 14.7. The number of carbonyl (C=O) groups is 1. The average molecular weight is 339 g/mol. The van der Waals surface area contributed by atoms with E-state index in [-0.39, 0.29) is 5.91 Å². The number of amides is 1. The Labute approximate surface area is 148 Å². The molecule has 0 spiro atoms. The number of aryl methyl sites for hydroxylation is 2. The van der Waals surface area contributed by atoms with Crippen LogP contribution in [-0.2, 0) is 11.2 Å². The minimum absolute atomic E-state index is 0.219. The zero-order chi connectivity index (χ0) is 17.2. The molecule has 1 aromatic heterocycles. The summed E-state index contributed by atoms with van der Waals surface area (Å²) in [6.07, 6.45) is 2.12. The summed E-state index contributed by atoms with van der Waals surface area (Å²) < 4.78 is 0. The van der Waals surface area contributed by atoms with Gasteiger partial charge in [0.05, 0.1) is 6.54 Å². The number of rotatable bonds is 3. The van der Waals surface area contributed by atoms with E-state index in [4.69, 9.17) is 0 Å². The fraction of sp³-hybridized carbons (Fsp3) is 0.474. The second kappa shape index (κ2) is 6.88. The topological polar surface area (TPSA) is 55.5 Å². The number of anilines is 2. The van der Waals surface area contributed by atoms with Crippen LogP contribution in [0.3, 0.4) is 0 Å². The maximum absolute atomic E-state index is 12.8. The van der Waals surface area contributed by atoms with Crippen LogP contribution in [0.4, 0.5) is 11.5 Å². The molecule has 1 saturated heterocycles. The lowest BCUT2D eigenvalue weighted by molar-refractivity contribution is -0.119. The highest BCUT2D eigenvalue weighted by atomic mass is 16.2. The molecule has 132 valence electrons. The minimum Gasteiger partial charge on any atom is -0.353 e. The van der Waals surface area contributed by atoms with Crippen molar-refractivity contribution in [1.82, 2.24) is 15.1 Å². The largest absolute Gasteiger partial charge is 0.353 e. The normalized spacial score (nSPS) is 18.3. The molecule has 0 saturated carbocycles. The predicted molar refractivity (Wildman–Crippen MR) is 99.1 cm³/mol. The average Bonchev–Trinajstić information content (AvgIpc) is 3.08. The van der Waals surface area contributed by atoms with E-state index in [1.165, 1.54) is 5.56 Å². The van der Waals surface area contributed by atoms with E-state index in [0.717, 1.165) is 62.8 Å². The number of aromatic amines is 1. The molecule has 3 heterocycles. The van der Waals surface area contributed by atoms with Crippen LogP contribution in [0, 0.1) is 6.92 Å². The number of nitrogens with zero attached hydrogens (tertiary/aromatic N) is 4. The van der Waals surface area contributed by atoms with Crippen LogP contribution in [0.25, 0.3) is 0 Å². The summed E-state index contributed by atoms with van der Waals surface area (Å²) >= 11 is 0. The maximum atomic E-state index is 12.8. The van der Waals surface area contributed by atoms with E-state index in [9.17, 15) is 4.79 Å². The summed E-state index contributed by atoms with van der Waals surface area (Å²) in [4.78, 5) is 19.3. The molecule has 1 aromatic carbocycles. The van der Waals surface area contributed by atoms with Crippen LogP contribution in [0.2, 0.25) is 0 Å². The van der Waals surface area contributed by atoms with Gasteiger partial charge in [0.2, 0.25) is 5.91 Å². The molecule has 0 unspecified atom stereocenters. The van der Waals surface area contributed by atoms with Crippen molar-refractivity contribution in [2.75, 3.05) is 49.1 Å². The summed E-state index contributed by atoms with van der Waals surface area (Å²) in [5.41, 5.74) is 3.47. The van der Waals surface area contributed by atoms with E-state index in [1.54, 1.807) is 0 Å². The maximum Gasteiger partial charge on any atom is 0.241 e. The van der Waals surface area contributed by atoms with E-state index in [1.807, 2.05) is 17.9 Å². The van der Waals surface area contributed by atoms with Gasteiger partial charge in [0.15, 0.2) is 5.82 Å². The number of piperazine rings is 1. The second-order valence-electron chi connectivity index (χ2n) is 6.95. The highest BCUT2D eigenvalue weighted by molar-refractivity contribution is 5.96. The first-order valence-electron chi connectivity index (χ1n) is 9.08. The number of benzene rings is 1. The standard InChI is InChI=1S/C19H25N5O/c1-15-13-18(21-20-15)23-11-9-22(10-12-23)14-19(25)24-8-4-6-16-5-2-3-7-17(16)24/h2-3,5,7,13H,4,6,8-12,14H2,1H3,(H,20,21). The smallest absolute Gasteiger partial charge is 0.241 e. The summed E-state index contributed by atoms with van der Waals surface area (Å²) in [7, 11) is 0. The van der Waals surface area contributed by atoms with Gasteiger partial charge in [-0.25, -0.2) is 0 Å². The van der Waals surface area contributed by atoms with Crippen LogP contribution in [0.5, 0.6) is 0 Å². The van der Waals surface area contributed by atoms with Gasteiger partial charge in [-0.2, -0.15) is 5.10 Å². The summed E-state index contributed by atoms with van der Waals surface area (Å²) in [5.74, 6) is 1.23. The van der Waals surface area contributed by atoms with Crippen molar-refractivity contribution in [2.24, 2.45) is 0 Å². The number of H-pyrrole nitrogens is 1. The van der Waals surface area contributed by atoms with Crippen molar-refractivity contribution in [3.63, 3.8) is 0 Å². The van der Waals surface area contributed by atoms with Crippen molar-refractivity contribution in [3.8, 4) is 0 Å². The molecule has 6 heteroatoms. The molecular weight excluding hydrogens is 314 g/mol. The Kier molecular flexibility index (Phi) is 4.44. The number of hydrogen-bond acceptors (Lipinski definition) is 4. The van der Waals surface area contributed by atoms with E-state index in [0.29, 0.717) is 6.54 Å². The van der Waals surface area contributed by atoms with Gasteiger partial charge in [0.25, 0.3) is 0 Å². The molecule has 0 atom stereocenters. The Hall–Kier alpha value is -2.34. The van der Waals surface area contributed by atoms with E-state index in [2.05, 4.69) is 44.3 Å². The first-order valence-corrected chi connectivity index (χ1v) is 9.08. The second-order valence-corrected chi connectivity index (χ2v) is 6.95. The Morgan fingerprint density at radius 3 is 2.72 bits per heavy atom. The minimum atomic E-state index is 0.219. The molecule has 6 nitrogen and oxygen atoms in total. The van der Waals surface area contributed by atoms with Crippen molar-refractivity contribution < 1.29 is 4.79 Å². The number of nitrogens with one attached hydrogen (secondary N) is 1. The zero-order valence-electron chi connectivity index (χ0n) is 14.7. The highest BCUT2D eigenvalue weighted by Crippen LogP contribution is 2.27. The molecule has 0 aliphatic carbocycles. The number of fused-ring (bicyclic) bond motifs is 1. The molecule has 4 rings (SSSR count). The number of aromatic nitrogens is 2. The predicted octanol–water partition coefficient (Wildman–Crippen LogP) is 1.82. The van der Waals surface area contributed by atoms with E-state index >= 15 is 0 Å². The number of carbonyl (C=O) groups excluding carboxylic acids is 1. The van der Waals surface area contributed by atoms with Gasteiger partial charge >= 0.3 is 0 Å². The summed E-state index contributed by atoms with van der Waals surface area (Å²) in [6.45, 7) is 6.97. The lowest BCUT2D eigenvalue weighted by Crippen LogP contribution is -2.50. The lowest BCUT2D eigenvalue weighted by Gasteiger charge is -2.36. The molecule has 2 aromatic rings. The van der Waals surface area contributed by atoms with E-state index < -0.39 is 0 Å². The number of para-hydroxylation sites is 1. The Bertz CT molecular complexity index is 748. The van der Waals surface area contributed by atoms with Crippen molar-refractivity contribution >= 4 is 17.4 Å². The Morgan fingerprint density at radius 2 is 1.96 bits per heavy atom. The summed E-state index contributed by atoms with van der Waals surface area (Å²) in [6, 6.07) is 10.4. The Balaban J connectivity index is 1.35. The first kappa shape index (κ1) is 16.1. The van der Waals surface area contributed by atoms with Gasteiger partial charge in [0, 0.05) is 50.2 Å². The molecule has 2 aliphatic rings. The first-order chi connectivity index (χ1) is 12.2. The molecule has 0 radical (unpaired) electrons. The third-order valence-electron chi connectivity index (χ3n) is 5.16. The number of hydrogen-bond donors (Lipinski definition) is 1. The van der Waals surface area contributed by atoms with Crippen LogP contribution in [-0.4, -0.2) is 60.3 Å².